The molecule has 1 aromatic rings. The molecule has 116 valence electrons. The van der Waals surface area contributed by atoms with E-state index in [4.69, 9.17) is 0 Å². The highest BCUT2D eigenvalue weighted by Crippen LogP contribution is 2.35. The van der Waals surface area contributed by atoms with E-state index in [1.54, 1.807) is 11.8 Å². The Morgan fingerprint density at radius 3 is 2.67 bits per heavy atom. The number of β-amino-alcohol motifs (C(OH)–C–C–N with tert-alkyl or cyclic N) is 1. The molecule has 2 N–H and O–H groups in total. The molecule has 1 unspecified atom stereocenters. The molecule has 0 aliphatic carbocycles. The first-order valence-electron chi connectivity index (χ1n) is 6.74. The molecule has 1 heterocycles. The number of rotatable bonds is 3. The van der Waals surface area contributed by atoms with Crippen molar-refractivity contribution >= 4 is 17.3 Å². The Labute approximate surface area is 120 Å². The highest BCUT2D eigenvalue weighted by atomic mass is 19.4. The van der Waals surface area contributed by atoms with Crippen LogP contribution in [0.5, 0.6) is 0 Å². The number of carbonyl (C=O) groups excluding carboxylic acids is 1. The Kier molecular flexibility index (Phi) is 4.41. The quantitative estimate of drug-likeness (QED) is 0.902. The second-order valence-electron chi connectivity index (χ2n) is 5.06. The third-order valence-corrected chi connectivity index (χ3v) is 3.38. The van der Waals surface area contributed by atoms with Crippen LogP contribution < -0.4 is 10.2 Å². The maximum atomic E-state index is 13.0. The number of hydrogen-bond donors (Lipinski definition) is 2. The van der Waals surface area contributed by atoms with Gasteiger partial charge in [0, 0.05) is 30.9 Å². The average molecular weight is 302 g/mol. The average Bonchev–Trinajstić information content (AvgIpc) is 2.84. The first kappa shape index (κ1) is 15.6. The normalized spacial score (nSPS) is 18.9. The van der Waals surface area contributed by atoms with Gasteiger partial charge in [-0.15, -0.1) is 0 Å². The molecule has 0 aromatic heterocycles. The van der Waals surface area contributed by atoms with E-state index in [1.165, 1.54) is 6.07 Å². The third kappa shape index (κ3) is 3.87. The standard InChI is InChI=1S/C14H17F3N2O2/c1-2-13(21)18-10-5-9(14(15,16)17)6-11(7-10)19-4-3-12(20)8-19/h5-7,12,20H,2-4,8H2,1H3,(H,18,21). The maximum absolute atomic E-state index is 13.0. The van der Waals surface area contributed by atoms with E-state index < -0.39 is 17.8 Å². The molecule has 1 amide bonds. The Balaban J connectivity index is 2.35. The van der Waals surface area contributed by atoms with Crippen molar-refractivity contribution in [2.75, 3.05) is 23.3 Å². The van der Waals surface area contributed by atoms with Crippen molar-refractivity contribution in [1.29, 1.82) is 0 Å². The molecule has 1 fully saturated rings. The second-order valence-corrected chi connectivity index (χ2v) is 5.06. The number of nitrogens with zero attached hydrogens (tertiary/aromatic N) is 1. The Hall–Kier alpha value is -1.76. The van der Waals surface area contributed by atoms with Crippen LogP contribution in [0.25, 0.3) is 0 Å². The van der Waals surface area contributed by atoms with Gasteiger partial charge in [0.1, 0.15) is 0 Å². The summed E-state index contributed by atoms with van der Waals surface area (Å²) in [5, 5.41) is 12.0. The molecule has 0 bridgehead atoms. The molecule has 7 heteroatoms. The molecule has 1 atom stereocenters. The van der Waals surface area contributed by atoms with Gasteiger partial charge < -0.3 is 15.3 Å². The Morgan fingerprint density at radius 1 is 1.43 bits per heavy atom. The lowest BCUT2D eigenvalue weighted by molar-refractivity contribution is -0.137. The van der Waals surface area contributed by atoms with Crippen molar-refractivity contribution in [2.45, 2.75) is 32.0 Å². The summed E-state index contributed by atoms with van der Waals surface area (Å²) >= 11 is 0. The Bertz CT molecular complexity index is 531. The molecule has 1 saturated heterocycles. The van der Waals surface area contributed by atoms with Gasteiger partial charge in [0.25, 0.3) is 0 Å². The zero-order valence-corrected chi connectivity index (χ0v) is 11.6. The van der Waals surface area contributed by atoms with Crippen LogP contribution >= 0.6 is 0 Å². The zero-order chi connectivity index (χ0) is 15.6. The summed E-state index contributed by atoms with van der Waals surface area (Å²) in [6.07, 6.45) is -4.31. The van der Waals surface area contributed by atoms with E-state index >= 15 is 0 Å². The van der Waals surface area contributed by atoms with Gasteiger partial charge in [-0.3, -0.25) is 4.79 Å². The molecule has 1 aliphatic rings. The summed E-state index contributed by atoms with van der Waals surface area (Å²) in [6, 6.07) is 3.46. The van der Waals surface area contributed by atoms with E-state index in [0.717, 1.165) is 12.1 Å². The summed E-state index contributed by atoms with van der Waals surface area (Å²) < 4.78 is 38.9. The molecule has 21 heavy (non-hydrogen) atoms. The number of halogens is 3. The van der Waals surface area contributed by atoms with Gasteiger partial charge in [-0.1, -0.05) is 6.92 Å². The lowest BCUT2D eigenvalue weighted by atomic mass is 10.1. The summed E-state index contributed by atoms with van der Waals surface area (Å²) in [6.45, 7) is 2.41. The monoisotopic (exact) mass is 302 g/mol. The van der Waals surface area contributed by atoms with Gasteiger partial charge in [0.05, 0.1) is 11.7 Å². The van der Waals surface area contributed by atoms with Crippen LogP contribution in [0.4, 0.5) is 24.5 Å². The number of anilines is 2. The van der Waals surface area contributed by atoms with E-state index in [2.05, 4.69) is 5.32 Å². The van der Waals surface area contributed by atoms with Crippen LogP contribution in [-0.4, -0.2) is 30.2 Å². The fraction of sp³-hybridized carbons (Fsp3) is 0.500. The van der Waals surface area contributed by atoms with Gasteiger partial charge in [-0.05, 0) is 24.6 Å². The Morgan fingerprint density at radius 2 is 2.14 bits per heavy atom. The minimum absolute atomic E-state index is 0.119. The van der Waals surface area contributed by atoms with Crippen molar-refractivity contribution in [3.8, 4) is 0 Å². The van der Waals surface area contributed by atoms with Gasteiger partial charge in [-0.25, -0.2) is 0 Å². The van der Waals surface area contributed by atoms with Gasteiger partial charge in [-0.2, -0.15) is 13.2 Å². The maximum Gasteiger partial charge on any atom is 0.416 e. The zero-order valence-electron chi connectivity index (χ0n) is 11.6. The highest BCUT2D eigenvalue weighted by molar-refractivity contribution is 5.91. The number of nitrogens with one attached hydrogen (secondary N) is 1. The number of hydrogen-bond acceptors (Lipinski definition) is 3. The molecular weight excluding hydrogens is 285 g/mol. The summed E-state index contributed by atoms with van der Waals surface area (Å²) in [5.41, 5.74) is -0.339. The number of benzene rings is 1. The van der Waals surface area contributed by atoms with Crippen molar-refractivity contribution < 1.29 is 23.1 Å². The number of alkyl halides is 3. The summed E-state index contributed by atoms with van der Waals surface area (Å²) in [7, 11) is 0. The lowest BCUT2D eigenvalue weighted by Gasteiger charge is -2.21. The number of aliphatic hydroxyl groups excluding tert-OH is 1. The van der Waals surface area contributed by atoms with Gasteiger partial charge in [0.2, 0.25) is 5.91 Å². The summed E-state index contributed by atoms with van der Waals surface area (Å²) in [5.74, 6) is -0.346. The molecule has 1 aromatic carbocycles. The fourth-order valence-electron chi connectivity index (χ4n) is 2.26. The van der Waals surface area contributed by atoms with Crippen LogP contribution in [-0.2, 0) is 11.0 Å². The van der Waals surface area contributed by atoms with Crippen LogP contribution in [0, 0.1) is 0 Å². The van der Waals surface area contributed by atoms with Gasteiger partial charge >= 0.3 is 6.18 Å². The molecule has 0 spiro atoms. The van der Waals surface area contributed by atoms with E-state index in [1.807, 2.05) is 0 Å². The first-order valence-corrected chi connectivity index (χ1v) is 6.74. The summed E-state index contributed by atoms with van der Waals surface area (Å²) in [4.78, 5) is 13.1. The molecule has 0 radical (unpaired) electrons. The topological polar surface area (TPSA) is 52.6 Å². The van der Waals surface area contributed by atoms with Crippen LogP contribution in [0.1, 0.15) is 25.3 Å². The largest absolute Gasteiger partial charge is 0.416 e. The minimum Gasteiger partial charge on any atom is -0.391 e. The predicted molar refractivity (Wildman–Crippen MR) is 73.2 cm³/mol. The van der Waals surface area contributed by atoms with Crippen molar-refractivity contribution in [2.24, 2.45) is 0 Å². The number of aliphatic hydroxyl groups is 1. The van der Waals surface area contributed by atoms with Crippen LogP contribution in [0.3, 0.4) is 0 Å². The molecule has 0 saturated carbocycles. The first-order chi connectivity index (χ1) is 9.79. The third-order valence-electron chi connectivity index (χ3n) is 3.38. The molecular formula is C14H17F3N2O2. The fourth-order valence-corrected chi connectivity index (χ4v) is 2.26. The molecule has 1 aliphatic heterocycles. The minimum atomic E-state index is -4.49. The van der Waals surface area contributed by atoms with Crippen molar-refractivity contribution in [3.05, 3.63) is 23.8 Å². The smallest absolute Gasteiger partial charge is 0.391 e. The van der Waals surface area contributed by atoms with Crippen molar-refractivity contribution in [3.63, 3.8) is 0 Å². The van der Waals surface area contributed by atoms with E-state index in [-0.39, 0.29) is 18.0 Å². The number of carbonyl (C=O) groups is 1. The second kappa shape index (κ2) is 5.93. The lowest BCUT2D eigenvalue weighted by Crippen LogP contribution is -2.22. The number of amides is 1. The SMILES string of the molecule is CCC(=O)Nc1cc(N2CCC(O)C2)cc(C(F)(F)F)c1. The molecule has 2 rings (SSSR count). The van der Waals surface area contributed by atoms with E-state index in [9.17, 15) is 23.1 Å². The van der Waals surface area contributed by atoms with Gasteiger partial charge in [0.15, 0.2) is 0 Å². The van der Waals surface area contributed by atoms with Crippen LogP contribution in [0.2, 0.25) is 0 Å². The van der Waals surface area contributed by atoms with Crippen LogP contribution in [0.15, 0.2) is 18.2 Å². The highest BCUT2D eigenvalue weighted by Gasteiger charge is 2.32. The van der Waals surface area contributed by atoms with Crippen molar-refractivity contribution in [1.82, 2.24) is 0 Å². The van der Waals surface area contributed by atoms with E-state index in [0.29, 0.717) is 25.2 Å². The molecule has 4 nitrogen and oxygen atoms in total. The predicted octanol–water partition coefficient (Wildman–Crippen LogP) is 2.62.